The van der Waals surface area contributed by atoms with Crippen molar-refractivity contribution in [1.82, 2.24) is 0 Å². The summed E-state index contributed by atoms with van der Waals surface area (Å²) in [6, 6.07) is 0. The fourth-order valence-electron chi connectivity index (χ4n) is 3.82. The lowest BCUT2D eigenvalue weighted by Crippen LogP contribution is -2.54. The van der Waals surface area contributed by atoms with Crippen LogP contribution in [-0.2, 0) is 4.84 Å². The predicted octanol–water partition coefficient (Wildman–Crippen LogP) is 2.59. The molecule has 0 aromatic rings. The van der Waals surface area contributed by atoms with E-state index in [0.717, 1.165) is 24.4 Å². The first-order chi connectivity index (χ1) is 6.57. The Bertz CT molecular complexity index is 212. The average molecular weight is 197 g/mol. The molecule has 0 heterocycles. The normalized spacial score (nSPS) is 41.6. The molecule has 2 bridgehead atoms. The molecule has 0 radical (unpaired) electrons. The smallest absolute Gasteiger partial charge is 0.0707 e. The standard InChI is InChI=1S/C12H23NO/c1-8(7-14-13)10-5-4-9-6-11(10)12(9,2)3/h8-11H,4-7,13H2,1-3H3. The van der Waals surface area contributed by atoms with Gasteiger partial charge in [0.15, 0.2) is 0 Å². The van der Waals surface area contributed by atoms with Crippen LogP contribution in [0.1, 0.15) is 40.0 Å². The van der Waals surface area contributed by atoms with Gasteiger partial charge in [-0.15, -0.1) is 0 Å². The van der Waals surface area contributed by atoms with Gasteiger partial charge in [0.05, 0.1) is 6.61 Å². The Morgan fingerprint density at radius 3 is 2.64 bits per heavy atom. The summed E-state index contributed by atoms with van der Waals surface area (Å²) >= 11 is 0. The molecule has 3 aliphatic carbocycles. The van der Waals surface area contributed by atoms with Crippen LogP contribution in [0, 0.1) is 29.1 Å². The Kier molecular flexibility index (Phi) is 2.61. The molecule has 82 valence electrons. The molecule has 2 heteroatoms. The van der Waals surface area contributed by atoms with Crippen molar-refractivity contribution in [2.24, 2.45) is 35.0 Å². The van der Waals surface area contributed by atoms with E-state index in [1.807, 2.05) is 0 Å². The predicted molar refractivity (Wildman–Crippen MR) is 57.4 cm³/mol. The Hall–Kier alpha value is -0.0800. The van der Waals surface area contributed by atoms with E-state index in [-0.39, 0.29) is 0 Å². The lowest BCUT2D eigenvalue weighted by molar-refractivity contribution is -0.126. The molecule has 3 aliphatic rings. The number of nitrogens with two attached hydrogens (primary N) is 1. The van der Waals surface area contributed by atoms with Gasteiger partial charge in [-0.1, -0.05) is 20.8 Å². The lowest BCUT2D eigenvalue weighted by atomic mass is 9.44. The molecule has 0 aromatic heterocycles. The fourth-order valence-corrected chi connectivity index (χ4v) is 3.82. The van der Waals surface area contributed by atoms with E-state index in [1.165, 1.54) is 19.3 Å². The Morgan fingerprint density at radius 1 is 1.43 bits per heavy atom. The van der Waals surface area contributed by atoms with Crippen molar-refractivity contribution >= 4 is 0 Å². The minimum Gasteiger partial charge on any atom is -0.304 e. The molecule has 2 nitrogen and oxygen atoms in total. The summed E-state index contributed by atoms with van der Waals surface area (Å²) in [7, 11) is 0. The summed E-state index contributed by atoms with van der Waals surface area (Å²) < 4.78 is 0. The van der Waals surface area contributed by atoms with E-state index in [4.69, 9.17) is 10.7 Å². The van der Waals surface area contributed by atoms with E-state index in [9.17, 15) is 0 Å². The van der Waals surface area contributed by atoms with Crippen LogP contribution in [0.4, 0.5) is 0 Å². The molecule has 2 N–H and O–H groups in total. The first-order valence-electron chi connectivity index (χ1n) is 5.89. The van der Waals surface area contributed by atoms with Crippen molar-refractivity contribution in [2.45, 2.75) is 40.0 Å². The molecule has 4 unspecified atom stereocenters. The lowest BCUT2D eigenvalue weighted by Gasteiger charge is -2.61. The molecule has 0 spiro atoms. The zero-order valence-electron chi connectivity index (χ0n) is 9.62. The van der Waals surface area contributed by atoms with Crippen LogP contribution < -0.4 is 5.90 Å². The van der Waals surface area contributed by atoms with Gasteiger partial charge < -0.3 is 4.84 Å². The minimum atomic E-state index is 0.589. The fraction of sp³-hybridized carbons (Fsp3) is 1.00. The third kappa shape index (κ3) is 1.40. The zero-order chi connectivity index (χ0) is 10.3. The van der Waals surface area contributed by atoms with Gasteiger partial charge in [0, 0.05) is 0 Å². The topological polar surface area (TPSA) is 35.2 Å². The van der Waals surface area contributed by atoms with Gasteiger partial charge in [-0.2, -0.15) is 0 Å². The Labute approximate surface area is 87.1 Å². The molecular weight excluding hydrogens is 174 g/mol. The Morgan fingerprint density at radius 2 is 2.14 bits per heavy atom. The first kappa shape index (κ1) is 10.4. The molecule has 0 amide bonds. The minimum absolute atomic E-state index is 0.589. The summed E-state index contributed by atoms with van der Waals surface area (Å²) in [6.45, 7) is 7.89. The van der Waals surface area contributed by atoms with E-state index >= 15 is 0 Å². The number of hydrogen-bond donors (Lipinski definition) is 1. The van der Waals surface area contributed by atoms with Crippen molar-refractivity contribution in [1.29, 1.82) is 0 Å². The molecule has 3 fully saturated rings. The third-order valence-electron chi connectivity index (χ3n) is 5.00. The van der Waals surface area contributed by atoms with Gasteiger partial charge in [0.2, 0.25) is 0 Å². The third-order valence-corrected chi connectivity index (χ3v) is 5.00. The molecule has 0 aliphatic heterocycles. The van der Waals surface area contributed by atoms with Crippen LogP contribution >= 0.6 is 0 Å². The van der Waals surface area contributed by atoms with Crippen LogP contribution in [-0.4, -0.2) is 6.61 Å². The van der Waals surface area contributed by atoms with Crippen molar-refractivity contribution in [3.63, 3.8) is 0 Å². The molecule has 3 rings (SSSR count). The van der Waals surface area contributed by atoms with Gasteiger partial charge in [0.1, 0.15) is 0 Å². The van der Waals surface area contributed by atoms with Gasteiger partial charge in [-0.25, -0.2) is 5.90 Å². The van der Waals surface area contributed by atoms with Gasteiger partial charge in [-0.05, 0) is 48.3 Å². The van der Waals surface area contributed by atoms with Gasteiger partial charge >= 0.3 is 0 Å². The van der Waals surface area contributed by atoms with Crippen LogP contribution in [0.3, 0.4) is 0 Å². The zero-order valence-corrected chi connectivity index (χ0v) is 9.62. The molecule has 3 saturated carbocycles. The second kappa shape index (κ2) is 3.49. The van der Waals surface area contributed by atoms with Crippen LogP contribution in [0.25, 0.3) is 0 Å². The van der Waals surface area contributed by atoms with Crippen LogP contribution in [0.2, 0.25) is 0 Å². The summed E-state index contributed by atoms with van der Waals surface area (Å²) in [5.41, 5.74) is 0.589. The van der Waals surface area contributed by atoms with Crippen LogP contribution in [0.5, 0.6) is 0 Å². The number of hydrogen-bond acceptors (Lipinski definition) is 2. The number of fused-ring (bicyclic) bond motifs is 2. The highest BCUT2D eigenvalue weighted by atomic mass is 16.6. The summed E-state index contributed by atoms with van der Waals surface area (Å²) in [4.78, 5) is 4.79. The monoisotopic (exact) mass is 197 g/mol. The summed E-state index contributed by atoms with van der Waals surface area (Å²) in [5.74, 6) is 8.56. The van der Waals surface area contributed by atoms with Crippen molar-refractivity contribution in [3.8, 4) is 0 Å². The highest BCUT2D eigenvalue weighted by molar-refractivity contribution is 5.04. The molecular formula is C12H23NO. The summed E-state index contributed by atoms with van der Waals surface area (Å²) in [5, 5.41) is 0. The highest BCUT2D eigenvalue weighted by Gasteiger charge is 2.54. The Balaban J connectivity index is 2.00. The first-order valence-corrected chi connectivity index (χ1v) is 5.89. The van der Waals surface area contributed by atoms with E-state index in [2.05, 4.69) is 20.8 Å². The second-order valence-electron chi connectivity index (χ2n) is 5.91. The highest BCUT2D eigenvalue weighted by Crippen LogP contribution is 2.62. The maximum atomic E-state index is 5.16. The van der Waals surface area contributed by atoms with Crippen LogP contribution in [0.15, 0.2) is 0 Å². The van der Waals surface area contributed by atoms with E-state index in [0.29, 0.717) is 11.3 Å². The molecule has 14 heavy (non-hydrogen) atoms. The maximum absolute atomic E-state index is 5.16. The van der Waals surface area contributed by atoms with Gasteiger partial charge in [-0.3, -0.25) is 0 Å². The average Bonchev–Trinajstić information content (AvgIpc) is 2.18. The van der Waals surface area contributed by atoms with Gasteiger partial charge in [0.25, 0.3) is 0 Å². The SMILES string of the molecule is CC(CON)C1CCC2CC1C2(C)C. The van der Waals surface area contributed by atoms with Crippen molar-refractivity contribution < 1.29 is 4.84 Å². The maximum Gasteiger partial charge on any atom is 0.0707 e. The van der Waals surface area contributed by atoms with E-state index < -0.39 is 0 Å². The number of rotatable bonds is 3. The quantitative estimate of drug-likeness (QED) is 0.706. The van der Waals surface area contributed by atoms with E-state index in [1.54, 1.807) is 0 Å². The largest absolute Gasteiger partial charge is 0.304 e. The van der Waals surface area contributed by atoms with Crippen molar-refractivity contribution in [2.75, 3.05) is 6.61 Å². The molecule has 0 aromatic carbocycles. The molecule has 0 saturated heterocycles. The van der Waals surface area contributed by atoms with Crippen molar-refractivity contribution in [3.05, 3.63) is 0 Å². The molecule has 4 atom stereocenters. The second-order valence-corrected chi connectivity index (χ2v) is 5.91. The summed E-state index contributed by atoms with van der Waals surface area (Å²) in [6.07, 6.45) is 4.26.